The lowest BCUT2D eigenvalue weighted by molar-refractivity contribution is -0.140. The third kappa shape index (κ3) is 5.83. The predicted molar refractivity (Wildman–Crippen MR) is 107 cm³/mol. The van der Waals surface area contributed by atoms with Gasteiger partial charge >= 0.3 is 12.2 Å². The molecule has 7 nitrogen and oxygen atoms in total. The summed E-state index contributed by atoms with van der Waals surface area (Å²) in [6, 6.07) is 3.79. The second-order valence-electron chi connectivity index (χ2n) is 6.51. The summed E-state index contributed by atoms with van der Waals surface area (Å²) in [5.41, 5.74) is -0.662. The molecule has 0 aromatic carbocycles. The number of halogens is 4. The number of hydrogen-bond acceptors (Lipinski definition) is 5. The van der Waals surface area contributed by atoms with Crippen LogP contribution in [0.4, 0.5) is 23.8 Å². The molecule has 3 rings (SSSR count). The Balaban J connectivity index is 0.00000300. The van der Waals surface area contributed by atoms with Gasteiger partial charge in [-0.2, -0.15) is 13.2 Å². The number of fused-ring (bicyclic) bond motifs is 1. The Morgan fingerprint density at radius 1 is 1.17 bits per heavy atom. The lowest BCUT2D eigenvalue weighted by atomic mass is 10.2. The number of rotatable bonds is 5. The SMILES string of the molecule is CCNC(=O)N1CCN(CCNc2nccc3nc(C(F)(F)F)ccc23)CC1.Cl. The van der Waals surface area contributed by atoms with Crippen molar-refractivity contribution in [3.8, 4) is 0 Å². The first-order valence-corrected chi connectivity index (χ1v) is 9.20. The normalized spacial score (nSPS) is 15.1. The summed E-state index contributed by atoms with van der Waals surface area (Å²) in [6.45, 7) is 6.73. The number of hydrogen-bond donors (Lipinski definition) is 2. The van der Waals surface area contributed by atoms with E-state index in [-0.39, 0.29) is 24.0 Å². The topological polar surface area (TPSA) is 73.4 Å². The second kappa shape index (κ2) is 9.93. The molecule has 0 saturated carbocycles. The minimum absolute atomic E-state index is 0. The number of anilines is 1. The Labute approximate surface area is 173 Å². The summed E-state index contributed by atoms with van der Waals surface area (Å²) in [6.07, 6.45) is -3.02. The van der Waals surface area contributed by atoms with E-state index in [2.05, 4.69) is 25.5 Å². The van der Waals surface area contributed by atoms with Gasteiger partial charge < -0.3 is 15.5 Å². The fourth-order valence-electron chi connectivity index (χ4n) is 3.12. The van der Waals surface area contributed by atoms with E-state index in [1.165, 1.54) is 18.3 Å². The van der Waals surface area contributed by atoms with E-state index >= 15 is 0 Å². The highest BCUT2D eigenvalue weighted by molar-refractivity contribution is 5.89. The number of nitrogens with zero attached hydrogens (tertiary/aromatic N) is 4. The van der Waals surface area contributed by atoms with Crippen molar-refractivity contribution < 1.29 is 18.0 Å². The zero-order chi connectivity index (χ0) is 20.1. The molecule has 0 spiro atoms. The number of alkyl halides is 3. The van der Waals surface area contributed by atoms with E-state index in [4.69, 9.17) is 0 Å². The summed E-state index contributed by atoms with van der Waals surface area (Å²) < 4.78 is 38.5. The maximum absolute atomic E-state index is 12.8. The van der Waals surface area contributed by atoms with Crippen molar-refractivity contribution in [3.63, 3.8) is 0 Å². The van der Waals surface area contributed by atoms with Gasteiger partial charge in [-0.15, -0.1) is 12.4 Å². The lowest BCUT2D eigenvalue weighted by Crippen LogP contribution is -2.52. The van der Waals surface area contributed by atoms with Crippen LogP contribution in [0.3, 0.4) is 0 Å². The van der Waals surface area contributed by atoms with Gasteiger partial charge in [-0.25, -0.2) is 14.8 Å². The van der Waals surface area contributed by atoms with E-state index in [1.54, 1.807) is 4.90 Å². The van der Waals surface area contributed by atoms with Crippen LogP contribution in [0.15, 0.2) is 24.4 Å². The maximum Gasteiger partial charge on any atom is 0.433 e. The van der Waals surface area contributed by atoms with Crippen LogP contribution in [-0.2, 0) is 6.18 Å². The molecular formula is C18H24ClF3N6O. The average Bonchev–Trinajstić information content (AvgIpc) is 2.68. The lowest BCUT2D eigenvalue weighted by Gasteiger charge is -2.34. The Hall–Kier alpha value is -2.33. The van der Waals surface area contributed by atoms with Gasteiger partial charge in [0.25, 0.3) is 0 Å². The number of pyridine rings is 2. The molecule has 0 unspecified atom stereocenters. The fraction of sp³-hybridized carbons (Fsp3) is 0.500. The molecular weight excluding hydrogens is 409 g/mol. The van der Waals surface area contributed by atoms with Crippen molar-refractivity contribution in [3.05, 3.63) is 30.1 Å². The van der Waals surface area contributed by atoms with Crippen LogP contribution >= 0.6 is 12.4 Å². The Morgan fingerprint density at radius 3 is 2.55 bits per heavy atom. The van der Waals surface area contributed by atoms with Crippen LogP contribution in [0, 0.1) is 0 Å². The highest BCUT2D eigenvalue weighted by Gasteiger charge is 2.32. The first-order chi connectivity index (χ1) is 13.4. The average molecular weight is 433 g/mol. The van der Waals surface area contributed by atoms with Gasteiger partial charge in [-0.3, -0.25) is 4.90 Å². The second-order valence-corrected chi connectivity index (χ2v) is 6.51. The molecule has 2 amide bonds. The zero-order valence-electron chi connectivity index (χ0n) is 16.0. The van der Waals surface area contributed by atoms with Gasteiger partial charge in [0, 0.05) is 57.4 Å². The van der Waals surface area contributed by atoms with Crippen LogP contribution < -0.4 is 10.6 Å². The summed E-state index contributed by atoms with van der Waals surface area (Å²) in [5, 5.41) is 6.53. The number of piperazine rings is 1. The third-order valence-electron chi connectivity index (χ3n) is 4.61. The van der Waals surface area contributed by atoms with Gasteiger partial charge in [0.05, 0.1) is 5.52 Å². The van der Waals surface area contributed by atoms with Crippen molar-refractivity contribution >= 4 is 35.2 Å². The van der Waals surface area contributed by atoms with E-state index in [0.29, 0.717) is 37.4 Å². The molecule has 0 bridgehead atoms. The van der Waals surface area contributed by atoms with E-state index < -0.39 is 11.9 Å². The molecule has 2 aromatic rings. The van der Waals surface area contributed by atoms with Gasteiger partial charge in [0.15, 0.2) is 0 Å². The molecule has 1 fully saturated rings. The summed E-state index contributed by atoms with van der Waals surface area (Å²) in [5.74, 6) is 0.514. The van der Waals surface area contributed by atoms with Crippen LogP contribution in [0.5, 0.6) is 0 Å². The quantitative estimate of drug-likeness (QED) is 0.760. The molecule has 1 aliphatic heterocycles. The monoisotopic (exact) mass is 432 g/mol. The molecule has 29 heavy (non-hydrogen) atoms. The molecule has 11 heteroatoms. The van der Waals surface area contributed by atoms with Crippen molar-refractivity contribution in [2.45, 2.75) is 13.1 Å². The summed E-state index contributed by atoms with van der Waals surface area (Å²) in [7, 11) is 0. The molecule has 2 aromatic heterocycles. The fourth-order valence-corrected chi connectivity index (χ4v) is 3.12. The highest BCUT2D eigenvalue weighted by atomic mass is 35.5. The van der Waals surface area contributed by atoms with Crippen molar-refractivity contribution in [2.24, 2.45) is 0 Å². The predicted octanol–water partition coefficient (Wildman–Crippen LogP) is 2.83. The molecule has 0 aliphatic carbocycles. The zero-order valence-corrected chi connectivity index (χ0v) is 16.8. The molecule has 0 atom stereocenters. The standard InChI is InChI=1S/C18H23F3N6O.ClH/c1-2-22-17(28)27-11-9-26(10-12-27)8-7-24-16-13-3-4-15(18(19,20)21)25-14(13)5-6-23-16;/h3-6H,2,7-12H2,1H3,(H,22,28)(H,23,24);1H. The first-order valence-electron chi connectivity index (χ1n) is 9.20. The number of urea groups is 1. The summed E-state index contributed by atoms with van der Waals surface area (Å²) in [4.78, 5) is 23.8. The van der Waals surface area contributed by atoms with Crippen molar-refractivity contribution in [1.29, 1.82) is 0 Å². The van der Waals surface area contributed by atoms with Gasteiger partial charge in [0.2, 0.25) is 0 Å². The Bertz CT molecular complexity index is 827. The molecule has 2 N–H and O–H groups in total. The molecule has 1 aliphatic rings. The molecule has 160 valence electrons. The number of nitrogens with one attached hydrogen (secondary N) is 2. The number of amides is 2. The number of aromatic nitrogens is 2. The smallest absolute Gasteiger partial charge is 0.368 e. The minimum Gasteiger partial charge on any atom is -0.368 e. The maximum atomic E-state index is 12.8. The number of carbonyl (C=O) groups excluding carboxylic acids is 1. The first kappa shape index (κ1) is 23.0. The highest BCUT2D eigenvalue weighted by Crippen LogP contribution is 2.30. The Morgan fingerprint density at radius 2 is 1.90 bits per heavy atom. The molecule has 3 heterocycles. The third-order valence-corrected chi connectivity index (χ3v) is 4.61. The van der Waals surface area contributed by atoms with E-state index in [0.717, 1.165) is 25.7 Å². The van der Waals surface area contributed by atoms with E-state index in [9.17, 15) is 18.0 Å². The van der Waals surface area contributed by atoms with Crippen LogP contribution in [0.1, 0.15) is 12.6 Å². The van der Waals surface area contributed by atoms with E-state index in [1.807, 2.05) is 6.92 Å². The Kier molecular flexibility index (Phi) is 7.86. The largest absolute Gasteiger partial charge is 0.433 e. The van der Waals surface area contributed by atoms with Crippen LogP contribution in [0.2, 0.25) is 0 Å². The molecule has 0 radical (unpaired) electrons. The number of carbonyl (C=O) groups is 1. The van der Waals surface area contributed by atoms with Crippen LogP contribution in [0.25, 0.3) is 10.9 Å². The van der Waals surface area contributed by atoms with Crippen molar-refractivity contribution in [2.75, 3.05) is 51.1 Å². The van der Waals surface area contributed by atoms with Crippen LogP contribution in [-0.4, -0.2) is 71.6 Å². The summed E-state index contributed by atoms with van der Waals surface area (Å²) >= 11 is 0. The van der Waals surface area contributed by atoms with Crippen molar-refractivity contribution in [1.82, 2.24) is 25.1 Å². The van der Waals surface area contributed by atoms with Gasteiger partial charge in [0.1, 0.15) is 11.5 Å². The minimum atomic E-state index is -4.47. The molecule has 1 saturated heterocycles. The van der Waals surface area contributed by atoms with Gasteiger partial charge in [-0.05, 0) is 25.1 Å². The van der Waals surface area contributed by atoms with Gasteiger partial charge in [-0.1, -0.05) is 0 Å².